The van der Waals surface area contributed by atoms with Gasteiger partial charge in [-0.05, 0) is 32.0 Å². The van der Waals surface area contributed by atoms with E-state index in [1.54, 1.807) is 18.2 Å². The minimum Gasteiger partial charge on any atom is -0.508 e. The quantitative estimate of drug-likeness (QED) is 0.725. The van der Waals surface area contributed by atoms with Gasteiger partial charge in [-0.2, -0.15) is 0 Å². The van der Waals surface area contributed by atoms with Gasteiger partial charge in [0.1, 0.15) is 5.75 Å². The number of aromatic hydroxyl groups is 1. The van der Waals surface area contributed by atoms with Gasteiger partial charge in [0.2, 0.25) is 5.91 Å². The third-order valence-corrected chi connectivity index (χ3v) is 3.05. The lowest BCUT2D eigenvalue weighted by Crippen LogP contribution is -2.43. The molecule has 0 spiro atoms. The van der Waals surface area contributed by atoms with Crippen LogP contribution in [0, 0.1) is 0 Å². The Bertz CT molecular complexity index is 387. The van der Waals surface area contributed by atoms with Crippen LogP contribution in [0.1, 0.15) is 18.4 Å². The molecular weight excluding hydrogens is 216 g/mol. The molecular formula is C13H18N2O2. The highest BCUT2D eigenvalue weighted by atomic mass is 16.3. The highest BCUT2D eigenvalue weighted by Gasteiger charge is 2.16. The van der Waals surface area contributed by atoms with Crippen molar-refractivity contribution in [1.29, 1.82) is 0 Å². The van der Waals surface area contributed by atoms with Crippen LogP contribution in [0.4, 0.5) is 0 Å². The van der Waals surface area contributed by atoms with Gasteiger partial charge < -0.3 is 15.7 Å². The Balaban J connectivity index is 1.86. The SMILES string of the molecule is O=C(Cc1ccccc1O)NC1CCNCC1. The Morgan fingerprint density at radius 2 is 2.06 bits per heavy atom. The van der Waals surface area contributed by atoms with Crippen molar-refractivity contribution in [1.82, 2.24) is 10.6 Å². The molecule has 4 heteroatoms. The van der Waals surface area contributed by atoms with E-state index in [9.17, 15) is 9.90 Å². The zero-order valence-electron chi connectivity index (χ0n) is 9.78. The summed E-state index contributed by atoms with van der Waals surface area (Å²) in [4.78, 5) is 11.8. The van der Waals surface area contributed by atoms with Gasteiger partial charge in [0, 0.05) is 11.6 Å². The molecule has 0 aromatic heterocycles. The van der Waals surface area contributed by atoms with Crippen molar-refractivity contribution in [3.05, 3.63) is 29.8 Å². The first-order valence-electron chi connectivity index (χ1n) is 6.02. The summed E-state index contributed by atoms with van der Waals surface area (Å²) in [6.07, 6.45) is 2.20. The average molecular weight is 234 g/mol. The van der Waals surface area contributed by atoms with E-state index in [0.29, 0.717) is 5.56 Å². The number of benzene rings is 1. The van der Waals surface area contributed by atoms with E-state index in [1.807, 2.05) is 6.07 Å². The first-order chi connectivity index (χ1) is 8.25. The zero-order chi connectivity index (χ0) is 12.1. The van der Waals surface area contributed by atoms with E-state index >= 15 is 0 Å². The molecule has 4 nitrogen and oxygen atoms in total. The molecule has 1 fully saturated rings. The van der Waals surface area contributed by atoms with Crippen LogP contribution in [-0.4, -0.2) is 30.1 Å². The van der Waals surface area contributed by atoms with Crippen LogP contribution in [-0.2, 0) is 11.2 Å². The number of hydrogen-bond donors (Lipinski definition) is 3. The van der Waals surface area contributed by atoms with Crippen LogP contribution >= 0.6 is 0 Å². The van der Waals surface area contributed by atoms with Gasteiger partial charge in [-0.25, -0.2) is 0 Å². The summed E-state index contributed by atoms with van der Waals surface area (Å²) in [5.74, 6) is 0.173. The number of para-hydroxylation sites is 1. The monoisotopic (exact) mass is 234 g/mol. The number of phenols is 1. The van der Waals surface area contributed by atoms with Crippen molar-refractivity contribution >= 4 is 5.91 Å². The van der Waals surface area contributed by atoms with Gasteiger partial charge in [0.25, 0.3) is 0 Å². The molecule has 1 aliphatic rings. The third-order valence-electron chi connectivity index (χ3n) is 3.05. The van der Waals surface area contributed by atoms with Crippen molar-refractivity contribution in [3.63, 3.8) is 0 Å². The second-order valence-corrected chi connectivity index (χ2v) is 4.40. The summed E-state index contributed by atoms with van der Waals surface area (Å²) in [6, 6.07) is 7.23. The van der Waals surface area contributed by atoms with Gasteiger partial charge in [-0.3, -0.25) is 4.79 Å². The van der Waals surface area contributed by atoms with Gasteiger partial charge in [0.15, 0.2) is 0 Å². The van der Waals surface area contributed by atoms with Crippen LogP contribution in [0.25, 0.3) is 0 Å². The minimum absolute atomic E-state index is 0.0154. The average Bonchev–Trinajstić information content (AvgIpc) is 2.33. The van der Waals surface area contributed by atoms with Crippen LogP contribution in [0.15, 0.2) is 24.3 Å². The molecule has 0 atom stereocenters. The lowest BCUT2D eigenvalue weighted by molar-refractivity contribution is -0.121. The fourth-order valence-corrected chi connectivity index (χ4v) is 2.08. The molecule has 1 heterocycles. The summed E-state index contributed by atoms with van der Waals surface area (Å²) >= 11 is 0. The maximum atomic E-state index is 11.8. The molecule has 0 bridgehead atoms. The predicted octanol–water partition coefficient (Wildman–Crippen LogP) is 0.803. The Morgan fingerprint density at radius 3 is 2.76 bits per heavy atom. The Morgan fingerprint density at radius 1 is 1.35 bits per heavy atom. The molecule has 2 rings (SSSR count). The summed E-state index contributed by atoms with van der Waals surface area (Å²) in [6.45, 7) is 1.92. The highest BCUT2D eigenvalue weighted by molar-refractivity contribution is 5.79. The minimum atomic E-state index is -0.0154. The largest absolute Gasteiger partial charge is 0.508 e. The van der Waals surface area contributed by atoms with E-state index in [0.717, 1.165) is 25.9 Å². The van der Waals surface area contributed by atoms with E-state index in [1.165, 1.54) is 0 Å². The summed E-state index contributed by atoms with van der Waals surface area (Å²) in [7, 11) is 0. The molecule has 0 saturated carbocycles. The van der Waals surface area contributed by atoms with Crippen LogP contribution in [0.3, 0.4) is 0 Å². The van der Waals surface area contributed by atoms with E-state index in [4.69, 9.17) is 0 Å². The van der Waals surface area contributed by atoms with Crippen molar-refractivity contribution in [2.45, 2.75) is 25.3 Å². The lowest BCUT2D eigenvalue weighted by atomic mass is 10.1. The number of hydrogen-bond acceptors (Lipinski definition) is 3. The normalized spacial score (nSPS) is 16.7. The second kappa shape index (κ2) is 5.68. The van der Waals surface area contributed by atoms with Gasteiger partial charge in [-0.1, -0.05) is 18.2 Å². The highest BCUT2D eigenvalue weighted by Crippen LogP contribution is 2.16. The van der Waals surface area contributed by atoms with Crippen molar-refractivity contribution in [2.75, 3.05) is 13.1 Å². The maximum Gasteiger partial charge on any atom is 0.224 e. The fourth-order valence-electron chi connectivity index (χ4n) is 2.08. The molecule has 1 amide bonds. The van der Waals surface area contributed by atoms with Gasteiger partial charge >= 0.3 is 0 Å². The molecule has 1 aromatic rings. The molecule has 92 valence electrons. The summed E-state index contributed by atoms with van der Waals surface area (Å²) < 4.78 is 0. The molecule has 1 aromatic carbocycles. The first kappa shape index (κ1) is 11.9. The topological polar surface area (TPSA) is 61.4 Å². The van der Waals surface area contributed by atoms with Crippen LogP contribution in [0.5, 0.6) is 5.75 Å². The Labute approximate surface area is 101 Å². The van der Waals surface area contributed by atoms with Crippen molar-refractivity contribution in [3.8, 4) is 5.75 Å². The standard InChI is InChI=1S/C13H18N2O2/c16-12-4-2-1-3-10(12)9-13(17)15-11-5-7-14-8-6-11/h1-4,11,14,16H,5-9H2,(H,15,17). The van der Waals surface area contributed by atoms with E-state index in [-0.39, 0.29) is 24.1 Å². The maximum absolute atomic E-state index is 11.8. The van der Waals surface area contributed by atoms with Gasteiger partial charge in [-0.15, -0.1) is 0 Å². The number of piperidine rings is 1. The number of carbonyl (C=O) groups is 1. The first-order valence-corrected chi connectivity index (χ1v) is 6.02. The van der Waals surface area contributed by atoms with Crippen molar-refractivity contribution in [2.24, 2.45) is 0 Å². The smallest absolute Gasteiger partial charge is 0.224 e. The van der Waals surface area contributed by atoms with Crippen LogP contribution in [0.2, 0.25) is 0 Å². The Hall–Kier alpha value is -1.55. The molecule has 0 aliphatic carbocycles. The number of phenolic OH excluding ortho intramolecular Hbond substituents is 1. The molecule has 0 radical (unpaired) electrons. The molecule has 1 saturated heterocycles. The Kier molecular flexibility index (Phi) is 3.98. The number of nitrogens with one attached hydrogen (secondary N) is 2. The number of rotatable bonds is 3. The second-order valence-electron chi connectivity index (χ2n) is 4.40. The zero-order valence-corrected chi connectivity index (χ0v) is 9.78. The van der Waals surface area contributed by atoms with Crippen molar-refractivity contribution < 1.29 is 9.90 Å². The number of amides is 1. The van der Waals surface area contributed by atoms with Crippen LogP contribution < -0.4 is 10.6 Å². The summed E-state index contributed by atoms with van der Waals surface area (Å²) in [5.41, 5.74) is 0.680. The fraction of sp³-hybridized carbons (Fsp3) is 0.462. The molecule has 0 unspecified atom stereocenters. The molecule has 1 aliphatic heterocycles. The lowest BCUT2D eigenvalue weighted by Gasteiger charge is -2.23. The third kappa shape index (κ3) is 3.46. The molecule has 3 N–H and O–H groups in total. The van der Waals surface area contributed by atoms with Gasteiger partial charge in [0.05, 0.1) is 6.42 Å². The number of carbonyl (C=O) groups excluding carboxylic acids is 1. The molecule has 17 heavy (non-hydrogen) atoms. The van der Waals surface area contributed by atoms with E-state index in [2.05, 4.69) is 10.6 Å². The predicted molar refractivity (Wildman–Crippen MR) is 65.8 cm³/mol. The van der Waals surface area contributed by atoms with E-state index < -0.39 is 0 Å². The summed E-state index contributed by atoms with van der Waals surface area (Å²) in [5, 5.41) is 15.8.